The van der Waals surface area contributed by atoms with Crippen LogP contribution < -0.4 is 0 Å². The Morgan fingerprint density at radius 3 is 1.13 bits per heavy atom. The van der Waals surface area contributed by atoms with Crippen LogP contribution in [0.2, 0.25) is 0 Å². The third-order valence-corrected chi connectivity index (χ3v) is 10.4. The Kier molecular flexibility index (Phi) is 16.2. The molecule has 0 saturated carbocycles. The summed E-state index contributed by atoms with van der Waals surface area (Å²) in [6, 6.07) is 17.3. The van der Waals surface area contributed by atoms with Gasteiger partial charge in [-0.2, -0.15) is 0 Å². The van der Waals surface area contributed by atoms with Crippen molar-refractivity contribution in [2.45, 2.75) is 90.9 Å². The molecule has 4 rings (SSSR count). The van der Waals surface area contributed by atoms with Crippen molar-refractivity contribution in [3.05, 3.63) is 107 Å². The van der Waals surface area contributed by atoms with E-state index in [0.717, 1.165) is 76.6 Å². The Labute approximate surface area is 315 Å². The van der Waals surface area contributed by atoms with E-state index in [9.17, 15) is 9.59 Å². The lowest BCUT2D eigenvalue weighted by Gasteiger charge is -2.34. The fourth-order valence-corrected chi connectivity index (χ4v) is 6.77. The van der Waals surface area contributed by atoms with Gasteiger partial charge in [0.2, 0.25) is 11.8 Å². The molecule has 282 valence electrons. The molecule has 2 saturated heterocycles. The predicted octanol–water partition coefficient (Wildman–Crippen LogP) is 8.75. The summed E-state index contributed by atoms with van der Waals surface area (Å²) in [4.78, 5) is 34.3. The molecule has 0 bridgehead atoms. The summed E-state index contributed by atoms with van der Waals surface area (Å²) in [5.41, 5.74) is 5.25. The number of carbonyl (C=O) groups is 2. The molecular formula is C46H66N4O2. The number of hydrogen-bond acceptors (Lipinski definition) is 4. The highest BCUT2D eigenvalue weighted by Crippen LogP contribution is 2.23. The number of carbonyl (C=O) groups excluding carboxylic acids is 2. The van der Waals surface area contributed by atoms with Crippen LogP contribution in [0, 0.1) is 0 Å². The molecule has 2 aliphatic heterocycles. The van der Waals surface area contributed by atoms with Gasteiger partial charge >= 0.3 is 0 Å². The largest absolute Gasteiger partial charge is 0.337 e. The molecule has 2 aromatic carbocycles. The molecule has 52 heavy (non-hydrogen) atoms. The standard InChI is InChI=1S/C46H66N4O2/c1-45(2,3)41-25-21-39(22-26-41)17-11-13-19-43(51)49-35-31-47(32-36-49)29-15-9-7-8-10-16-30-48-33-37-50(38-34-48)44(52)20-14-12-18-40-23-27-42(28-24-40)46(4,5)6/h11-14,17-28H,7-10,15-16,29-38H2,1-6H3. The molecule has 6 heteroatoms. The Hall–Kier alpha value is -3.74. The first-order valence-electron chi connectivity index (χ1n) is 19.8. The van der Waals surface area contributed by atoms with Crippen molar-refractivity contribution >= 4 is 24.0 Å². The lowest BCUT2D eigenvalue weighted by molar-refractivity contribution is -0.128. The highest BCUT2D eigenvalue weighted by atomic mass is 16.2. The van der Waals surface area contributed by atoms with Crippen LogP contribution in [0.4, 0.5) is 0 Å². The van der Waals surface area contributed by atoms with E-state index in [0.29, 0.717) is 0 Å². The summed E-state index contributed by atoms with van der Waals surface area (Å²) >= 11 is 0. The molecule has 2 amide bonds. The number of hydrogen-bond donors (Lipinski definition) is 0. The molecule has 2 heterocycles. The van der Waals surface area contributed by atoms with E-state index in [2.05, 4.69) is 112 Å². The number of unbranched alkanes of at least 4 members (excludes halogenated alkanes) is 5. The minimum absolute atomic E-state index is 0.109. The Balaban J connectivity index is 0.977. The second-order valence-electron chi connectivity index (χ2n) is 16.6. The summed E-state index contributed by atoms with van der Waals surface area (Å²) in [5.74, 6) is 0.218. The average Bonchev–Trinajstić information content (AvgIpc) is 3.13. The normalized spacial score (nSPS) is 17.0. The van der Waals surface area contributed by atoms with Crippen molar-refractivity contribution in [2.75, 3.05) is 65.4 Å². The molecule has 0 N–H and O–H groups in total. The van der Waals surface area contributed by atoms with Gasteiger partial charge in [0.15, 0.2) is 0 Å². The van der Waals surface area contributed by atoms with Gasteiger partial charge in [0.1, 0.15) is 0 Å². The first-order valence-corrected chi connectivity index (χ1v) is 19.8. The zero-order valence-corrected chi connectivity index (χ0v) is 33.2. The molecule has 2 aromatic rings. The topological polar surface area (TPSA) is 47.1 Å². The molecular weight excluding hydrogens is 641 g/mol. The molecule has 2 aliphatic rings. The maximum Gasteiger partial charge on any atom is 0.246 e. The molecule has 0 radical (unpaired) electrons. The second-order valence-corrected chi connectivity index (χ2v) is 16.6. The van der Waals surface area contributed by atoms with Crippen molar-refractivity contribution < 1.29 is 9.59 Å². The van der Waals surface area contributed by atoms with Gasteiger partial charge in [-0.3, -0.25) is 19.4 Å². The van der Waals surface area contributed by atoms with Crippen LogP contribution in [0.3, 0.4) is 0 Å². The minimum Gasteiger partial charge on any atom is -0.337 e. The van der Waals surface area contributed by atoms with E-state index in [4.69, 9.17) is 0 Å². The molecule has 0 aliphatic carbocycles. The number of allylic oxidation sites excluding steroid dienone is 4. The Bertz CT molecular complexity index is 1370. The number of rotatable bonds is 15. The van der Waals surface area contributed by atoms with E-state index in [1.165, 1.54) is 49.7 Å². The SMILES string of the molecule is CC(C)(C)c1ccc(C=CC=CC(=O)N2CCN(CCCCCCCCN3CCN(C(=O)C=CC=Cc4ccc(C(C)(C)C)cc4)CC3)CC2)cc1. The van der Waals surface area contributed by atoms with Crippen molar-refractivity contribution in [1.29, 1.82) is 0 Å². The number of amides is 2. The third-order valence-electron chi connectivity index (χ3n) is 10.4. The predicted molar refractivity (Wildman–Crippen MR) is 220 cm³/mol. The van der Waals surface area contributed by atoms with Crippen LogP contribution in [-0.2, 0) is 20.4 Å². The minimum atomic E-state index is 0.109. The molecule has 6 nitrogen and oxygen atoms in total. The average molecular weight is 707 g/mol. The fraction of sp³-hybridized carbons (Fsp3) is 0.522. The van der Waals surface area contributed by atoms with Crippen LogP contribution in [0.1, 0.15) is 102 Å². The third kappa shape index (κ3) is 14.4. The lowest BCUT2D eigenvalue weighted by atomic mass is 9.87. The van der Waals surface area contributed by atoms with Gasteiger partial charge < -0.3 is 9.80 Å². The van der Waals surface area contributed by atoms with Crippen molar-refractivity contribution in [3.63, 3.8) is 0 Å². The van der Waals surface area contributed by atoms with E-state index >= 15 is 0 Å². The summed E-state index contributed by atoms with van der Waals surface area (Å²) in [7, 11) is 0. The number of nitrogens with zero attached hydrogens (tertiary/aromatic N) is 4. The van der Waals surface area contributed by atoms with Crippen LogP contribution in [0.15, 0.2) is 85.0 Å². The van der Waals surface area contributed by atoms with Crippen LogP contribution in [0.25, 0.3) is 12.2 Å². The van der Waals surface area contributed by atoms with Crippen molar-refractivity contribution in [3.8, 4) is 0 Å². The van der Waals surface area contributed by atoms with E-state index in [1.54, 1.807) is 12.2 Å². The monoisotopic (exact) mass is 707 g/mol. The lowest BCUT2D eigenvalue weighted by Crippen LogP contribution is -2.48. The number of piperazine rings is 2. The zero-order valence-electron chi connectivity index (χ0n) is 33.2. The van der Waals surface area contributed by atoms with Crippen LogP contribution in [0.5, 0.6) is 0 Å². The molecule has 0 unspecified atom stereocenters. The van der Waals surface area contributed by atoms with E-state index < -0.39 is 0 Å². The highest BCUT2D eigenvalue weighted by Gasteiger charge is 2.20. The van der Waals surface area contributed by atoms with Gasteiger partial charge in [-0.25, -0.2) is 0 Å². The summed E-state index contributed by atoms with van der Waals surface area (Å²) in [6.07, 6.45) is 22.8. The van der Waals surface area contributed by atoms with Gasteiger partial charge in [0.25, 0.3) is 0 Å². The van der Waals surface area contributed by atoms with E-state index in [-0.39, 0.29) is 22.6 Å². The zero-order chi connectivity index (χ0) is 37.4. The summed E-state index contributed by atoms with van der Waals surface area (Å²) in [5, 5.41) is 0. The quantitative estimate of drug-likeness (QED) is 0.106. The Morgan fingerprint density at radius 1 is 0.481 bits per heavy atom. The maximum absolute atomic E-state index is 12.7. The molecule has 2 fully saturated rings. The molecule has 0 spiro atoms. The van der Waals surface area contributed by atoms with Crippen molar-refractivity contribution in [1.82, 2.24) is 19.6 Å². The summed E-state index contributed by atoms with van der Waals surface area (Å²) < 4.78 is 0. The van der Waals surface area contributed by atoms with Gasteiger partial charge in [-0.1, -0.05) is 152 Å². The highest BCUT2D eigenvalue weighted by molar-refractivity contribution is 5.88. The fourth-order valence-electron chi connectivity index (χ4n) is 6.77. The van der Waals surface area contributed by atoms with Gasteiger partial charge in [-0.15, -0.1) is 0 Å². The van der Waals surface area contributed by atoms with Gasteiger partial charge in [0, 0.05) is 64.5 Å². The van der Waals surface area contributed by atoms with Crippen molar-refractivity contribution in [2.24, 2.45) is 0 Å². The maximum atomic E-state index is 12.7. The van der Waals surface area contributed by atoms with Gasteiger partial charge in [-0.05, 0) is 59.0 Å². The Morgan fingerprint density at radius 2 is 0.808 bits per heavy atom. The second kappa shape index (κ2) is 20.5. The first kappa shape index (κ1) is 41.0. The van der Waals surface area contributed by atoms with E-state index in [1.807, 2.05) is 34.1 Å². The smallest absolute Gasteiger partial charge is 0.246 e. The van der Waals surface area contributed by atoms with Crippen LogP contribution >= 0.6 is 0 Å². The molecule has 0 aromatic heterocycles. The summed E-state index contributed by atoms with van der Waals surface area (Å²) in [6.45, 7) is 22.7. The molecule has 0 atom stereocenters. The van der Waals surface area contributed by atoms with Crippen LogP contribution in [-0.4, -0.2) is 96.9 Å². The number of benzene rings is 2. The first-order chi connectivity index (χ1) is 24.9. The van der Waals surface area contributed by atoms with Gasteiger partial charge in [0.05, 0.1) is 0 Å².